The van der Waals surface area contributed by atoms with Gasteiger partial charge < -0.3 is 15.5 Å². The van der Waals surface area contributed by atoms with Gasteiger partial charge in [0.25, 0.3) is 0 Å². The summed E-state index contributed by atoms with van der Waals surface area (Å²) in [7, 11) is 0. The summed E-state index contributed by atoms with van der Waals surface area (Å²) in [5.41, 5.74) is 2.95. The van der Waals surface area contributed by atoms with E-state index in [1.54, 1.807) is 0 Å². The van der Waals surface area contributed by atoms with Gasteiger partial charge in [0, 0.05) is 23.5 Å². The summed E-state index contributed by atoms with van der Waals surface area (Å²) >= 11 is 0. The standard InChI is InChI=1S/C16H21N3O/c1-4-9-17-15-13-8-7-12(19(6-3)10-5-2)11-14(13)18-16(15)20/h2,7-8,11,15,17H,4,6,9-10H2,1,3H3,(H,18,20). The van der Waals surface area contributed by atoms with Crippen LogP contribution in [-0.4, -0.2) is 25.5 Å². The van der Waals surface area contributed by atoms with Gasteiger partial charge in [0.05, 0.1) is 6.54 Å². The first-order chi connectivity index (χ1) is 9.71. The summed E-state index contributed by atoms with van der Waals surface area (Å²) in [6.45, 7) is 6.39. The summed E-state index contributed by atoms with van der Waals surface area (Å²) in [5.74, 6) is 2.68. The predicted octanol–water partition coefficient (Wildman–Crippen LogP) is 2.14. The van der Waals surface area contributed by atoms with Gasteiger partial charge in [-0.05, 0) is 32.0 Å². The van der Waals surface area contributed by atoms with E-state index >= 15 is 0 Å². The van der Waals surface area contributed by atoms with Crippen LogP contribution in [0, 0.1) is 12.3 Å². The molecule has 106 valence electrons. The summed E-state index contributed by atoms with van der Waals surface area (Å²) < 4.78 is 0. The molecule has 0 bridgehead atoms. The number of nitrogens with one attached hydrogen (secondary N) is 2. The molecule has 0 radical (unpaired) electrons. The minimum atomic E-state index is -0.235. The van der Waals surface area contributed by atoms with Crippen LogP contribution in [0.4, 0.5) is 11.4 Å². The zero-order valence-electron chi connectivity index (χ0n) is 12.1. The van der Waals surface area contributed by atoms with Crippen molar-refractivity contribution in [3.05, 3.63) is 23.8 Å². The molecule has 1 unspecified atom stereocenters. The Kier molecular flexibility index (Phi) is 4.65. The van der Waals surface area contributed by atoms with E-state index in [0.29, 0.717) is 6.54 Å². The molecule has 20 heavy (non-hydrogen) atoms. The minimum Gasteiger partial charge on any atom is -0.361 e. The Hall–Kier alpha value is -1.99. The van der Waals surface area contributed by atoms with Crippen molar-refractivity contribution >= 4 is 17.3 Å². The number of anilines is 2. The van der Waals surface area contributed by atoms with E-state index in [1.807, 2.05) is 18.2 Å². The lowest BCUT2D eigenvalue weighted by molar-refractivity contribution is -0.117. The number of fused-ring (bicyclic) bond motifs is 1. The fourth-order valence-electron chi connectivity index (χ4n) is 2.43. The molecule has 1 atom stereocenters. The smallest absolute Gasteiger partial charge is 0.246 e. The molecule has 1 heterocycles. The molecule has 0 saturated heterocycles. The van der Waals surface area contributed by atoms with Gasteiger partial charge in [-0.15, -0.1) is 6.42 Å². The summed E-state index contributed by atoms with van der Waals surface area (Å²) in [6, 6.07) is 5.80. The summed E-state index contributed by atoms with van der Waals surface area (Å²) in [6.07, 6.45) is 6.39. The highest BCUT2D eigenvalue weighted by molar-refractivity contribution is 6.03. The van der Waals surface area contributed by atoms with Crippen molar-refractivity contribution in [3.8, 4) is 12.3 Å². The van der Waals surface area contributed by atoms with Crippen LogP contribution in [0.2, 0.25) is 0 Å². The van der Waals surface area contributed by atoms with Gasteiger partial charge in [-0.25, -0.2) is 0 Å². The second kappa shape index (κ2) is 6.44. The predicted molar refractivity (Wildman–Crippen MR) is 82.8 cm³/mol. The van der Waals surface area contributed by atoms with Crippen molar-refractivity contribution in [3.63, 3.8) is 0 Å². The number of terminal acetylenes is 1. The molecule has 1 aliphatic heterocycles. The Morgan fingerprint density at radius 1 is 1.45 bits per heavy atom. The molecular weight excluding hydrogens is 250 g/mol. The van der Waals surface area contributed by atoms with E-state index in [4.69, 9.17) is 6.42 Å². The molecule has 0 saturated carbocycles. The molecular formula is C16H21N3O. The van der Waals surface area contributed by atoms with Crippen molar-refractivity contribution < 1.29 is 4.79 Å². The second-order valence-corrected chi connectivity index (χ2v) is 4.87. The topological polar surface area (TPSA) is 44.4 Å². The highest BCUT2D eigenvalue weighted by atomic mass is 16.2. The Bertz CT molecular complexity index is 533. The van der Waals surface area contributed by atoms with Crippen LogP contribution in [-0.2, 0) is 4.79 Å². The maximum Gasteiger partial charge on any atom is 0.246 e. The third kappa shape index (κ3) is 2.78. The number of amides is 1. The Morgan fingerprint density at radius 3 is 2.90 bits per heavy atom. The lowest BCUT2D eigenvalue weighted by atomic mass is 10.1. The number of hydrogen-bond acceptors (Lipinski definition) is 3. The Labute approximate surface area is 120 Å². The van der Waals surface area contributed by atoms with Gasteiger partial charge in [-0.2, -0.15) is 0 Å². The fraction of sp³-hybridized carbons (Fsp3) is 0.438. The molecule has 4 heteroatoms. The Balaban J connectivity index is 2.23. The zero-order valence-corrected chi connectivity index (χ0v) is 12.1. The molecule has 0 aromatic heterocycles. The van der Waals surface area contributed by atoms with Crippen LogP contribution in [0.15, 0.2) is 18.2 Å². The van der Waals surface area contributed by atoms with Gasteiger partial charge in [0.15, 0.2) is 0 Å². The van der Waals surface area contributed by atoms with Crippen molar-refractivity contribution in [2.24, 2.45) is 0 Å². The van der Waals surface area contributed by atoms with Crippen molar-refractivity contribution in [2.45, 2.75) is 26.3 Å². The number of carbonyl (C=O) groups excluding carboxylic acids is 1. The molecule has 0 fully saturated rings. The molecule has 2 N–H and O–H groups in total. The van der Waals surface area contributed by atoms with E-state index in [9.17, 15) is 4.79 Å². The SMILES string of the molecule is C#CCN(CC)c1ccc2c(c1)NC(=O)C2NCCC. The van der Waals surface area contributed by atoms with Crippen LogP contribution < -0.4 is 15.5 Å². The average molecular weight is 271 g/mol. The number of nitrogens with zero attached hydrogens (tertiary/aromatic N) is 1. The summed E-state index contributed by atoms with van der Waals surface area (Å²) in [5, 5.41) is 6.21. The number of rotatable bonds is 6. The number of hydrogen-bond donors (Lipinski definition) is 2. The van der Waals surface area contributed by atoms with Crippen molar-refractivity contribution in [1.82, 2.24) is 5.32 Å². The first-order valence-electron chi connectivity index (χ1n) is 7.07. The average Bonchev–Trinajstić information content (AvgIpc) is 2.77. The minimum absolute atomic E-state index is 0.0191. The molecule has 2 rings (SSSR count). The molecule has 0 aliphatic carbocycles. The van der Waals surface area contributed by atoms with Crippen LogP contribution >= 0.6 is 0 Å². The van der Waals surface area contributed by atoms with Gasteiger partial charge in [-0.1, -0.05) is 18.9 Å². The molecule has 1 amide bonds. The van der Waals surface area contributed by atoms with E-state index in [-0.39, 0.29) is 11.9 Å². The van der Waals surface area contributed by atoms with Crippen LogP contribution in [0.25, 0.3) is 0 Å². The highest BCUT2D eigenvalue weighted by Gasteiger charge is 2.30. The second-order valence-electron chi connectivity index (χ2n) is 4.87. The monoisotopic (exact) mass is 271 g/mol. The molecule has 1 aromatic carbocycles. The maximum absolute atomic E-state index is 12.0. The van der Waals surface area contributed by atoms with E-state index in [1.165, 1.54) is 0 Å². The lowest BCUT2D eigenvalue weighted by Crippen LogP contribution is -2.27. The van der Waals surface area contributed by atoms with Gasteiger partial charge in [-0.3, -0.25) is 4.79 Å². The van der Waals surface area contributed by atoms with Crippen molar-refractivity contribution in [1.29, 1.82) is 0 Å². The van der Waals surface area contributed by atoms with Crippen LogP contribution in [0.1, 0.15) is 31.9 Å². The lowest BCUT2D eigenvalue weighted by Gasteiger charge is -2.21. The number of carbonyl (C=O) groups is 1. The van der Waals surface area contributed by atoms with Crippen LogP contribution in [0.5, 0.6) is 0 Å². The first-order valence-corrected chi connectivity index (χ1v) is 7.07. The normalized spacial score (nSPS) is 16.4. The Morgan fingerprint density at radius 2 is 2.25 bits per heavy atom. The molecule has 4 nitrogen and oxygen atoms in total. The molecule has 1 aliphatic rings. The van der Waals surface area contributed by atoms with E-state index in [2.05, 4.69) is 35.3 Å². The van der Waals surface area contributed by atoms with Gasteiger partial charge in [0.2, 0.25) is 5.91 Å². The van der Waals surface area contributed by atoms with E-state index < -0.39 is 0 Å². The van der Waals surface area contributed by atoms with Crippen LogP contribution in [0.3, 0.4) is 0 Å². The largest absolute Gasteiger partial charge is 0.361 e. The third-order valence-electron chi connectivity index (χ3n) is 3.50. The molecule has 1 aromatic rings. The highest BCUT2D eigenvalue weighted by Crippen LogP contribution is 2.34. The maximum atomic E-state index is 12.0. The number of benzene rings is 1. The summed E-state index contributed by atoms with van der Waals surface area (Å²) in [4.78, 5) is 14.1. The molecule has 0 spiro atoms. The van der Waals surface area contributed by atoms with Gasteiger partial charge in [0.1, 0.15) is 6.04 Å². The third-order valence-corrected chi connectivity index (χ3v) is 3.50. The van der Waals surface area contributed by atoms with E-state index in [0.717, 1.165) is 36.4 Å². The van der Waals surface area contributed by atoms with Gasteiger partial charge >= 0.3 is 0 Å². The zero-order chi connectivity index (χ0) is 14.5. The van der Waals surface area contributed by atoms with Crippen molar-refractivity contribution in [2.75, 3.05) is 29.9 Å². The first kappa shape index (κ1) is 14.4. The quantitative estimate of drug-likeness (QED) is 0.779. The fourth-order valence-corrected chi connectivity index (χ4v) is 2.43.